The summed E-state index contributed by atoms with van der Waals surface area (Å²) in [4.78, 5) is 4.23. The molecule has 4 N–H and O–H groups in total. The number of hydrogen-bond donors (Lipinski definition) is 2. The third-order valence-electron chi connectivity index (χ3n) is 2.09. The molecule has 6 nitrogen and oxygen atoms in total. The number of aryl methyl sites for hydroxylation is 1. The molecular weight excluding hydrogens is 168 g/mol. The molecule has 0 unspecified atom stereocenters. The lowest BCUT2D eigenvalue weighted by Crippen LogP contribution is -2.10. The zero-order valence-electron chi connectivity index (χ0n) is 7.44. The molecule has 0 saturated carbocycles. The Kier molecular flexibility index (Phi) is 1.39. The highest BCUT2D eigenvalue weighted by Gasteiger charge is 2.18. The van der Waals surface area contributed by atoms with E-state index >= 15 is 0 Å². The predicted octanol–water partition coefficient (Wildman–Crippen LogP) is -0.212. The van der Waals surface area contributed by atoms with Crippen molar-refractivity contribution in [1.29, 1.82) is 0 Å². The van der Waals surface area contributed by atoms with Gasteiger partial charge in [0.25, 0.3) is 0 Å². The fraction of sp³-hybridized carbons (Fsp3) is 0.286. The maximum absolute atomic E-state index is 5.80. The Balaban J connectivity index is 2.86. The molecule has 0 atom stereocenters. The van der Waals surface area contributed by atoms with Crippen molar-refractivity contribution >= 4 is 11.6 Å². The second kappa shape index (κ2) is 2.32. The molecule has 0 amide bonds. The monoisotopic (exact) mass is 178 g/mol. The van der Waals surface area contributed by atoms with Gasteiger partial charge in [-0.1, -0.05) is 0 Å². The quantitative estimate of drug-likeness (QED) is 0.581. The Morgan fingerprint density at radius 2 is 1.85 bits per heavy atom. The maximum Gasteiger partial charge on any atom is 0.174 e. The molecule has 0 bridgehead atoms. The third-order valence-corrected chi connectivity index (χ3v) is 2.09. The van der Waals surface area contributed by atoms with E-state index in [9.17, 15) is 0 Å². The lowest BCUT2D eigenvalue weighted by Gasteiger charge is -2.10. The summed E-state index contributed by atoms with van der Waals surface area (Å²) < 4.78 is 1.75. The summed E-state index contributed by atoms with van der Waals surface area (Å²) in [6.45, 7) is 1.85. The zero-order valence-corrected chi connectivity index (χ0v) is 7.44. The highest BCUT2D eigenvalue weighted by atomic mass is 15.2. The first-order chi connectivity index (χ1) is 6.11. The first kappa shape index (κ1) is 7.78. The van der Waals surface area contributed by atoms with Crippen molar-refractivity contribution in [2.24, 2.45) is 7.05 Å². The van der Waals surface area contributed by atoms with Gasteiger partial charge in [-0.25, -0.2) is 4.98 Å². The van der Waals surface area contributed by atoms with Crippen LogP contribution in [0.25, 0.3) is 11.4 Å². The summed E-state index contributed by atoms with van der Waals surface area (Å²) in [5, 5.41) is 7.55. The standard InChI is InChI=1S/C7H10N6/c1-3-10-4-5(7(9)13(3)2)11-12-6(4)8/h8-9H2,1-2H3. The van der Waals surface area contributed by atoms with Crippen molar-refractivity contribution in [3.05, 3.63) is 5.82 Å². The summed E-state index contributed by atoms with van der Waals surface area (Å²) in [7, 11) is 1.82. The number of fused-ring (bicyclic) bond motifs is 1. The summed E-state index contributed by atoms with van der Waals surface area (Å²) in [6, 6.07) is 0. The summed E-state index contributed by atoms with van der Waals surface area (Å²) in [6.07, 6.45) is 0. The van der Waals surface area contributed by atoms with Crippen LogP contribution in [-0.4, -0.2) is 19.7 Å². The van der Waals surface area contributed by atoms with Crippen LogP contribution in [0.1, 0.15) is 5.82 Å². The maximum atomic E-state index is 5.80. The molecule has 0 aromatic heterocycles. The normalized spacial score (nSPS) is 10.9. The van der Waals surface area contributed by atoms with Crippen LogP contribution in [-0.2, 0) is 7.05 Å². The van der Waals surface area contributed by atoms with E-state index in [-0.39, 0.29) is 0 Å². The topological polar surface area (TPSA) is 95.6 Å². The predicted molar refractivity (Wildman–Crippen MR) is 49.0 cm³/mol. The van der Waals surface area contributed by atoms with Gasteiger partial charge in [0, 0.05) is 7.05 Å². The van der Waals surface area contributed by atoms with Gasteiger partial charge in [0.05, 0.1) is 0 Å². The smallest absolute Gasteiger partial charge is 0.174 e. The van der Waals surface area contributed by atoms with E-state index in [2.05, 4.69) is 15.2 Å². The molecule has 2 heterocycles. The summed E-state index contributed by atoms with van der Waals surface area (Å²) in [5.41, 5.74) is 12.5. The van der Waals surface area contributed by atoms with Crippen LogP contribution in [0.5, 0.6) is 0 Å². The Morgan fingerprint density at radius 3 is 2.54 bits per heavy atom. The second-order valence-electron chi connectivity index (χ2n) is 2.89. The lowest BCUT2D eigenvalue weighted by molar-refractivity contribution is 0.820. The average Bonchev–Trinajstić information content (AvgIpc) is 2.45. The van der Waals surface area contributed by atoms with Crippen LogP contribution in [0, 0.1) is 6.92 Å². The Morgan fingerprint density at radius 1 is 1.15 bits per heavy atom. The van der Waals surface area contributed by atoms with Crippen molar-refractivity contribution in [2.75, 3.05) is 11.5 Å². The van der Waals surface area contributed by atoms with Crippen LogP contribution in [0.15, 0.2) is 0 Å². The molecular formula is C7H10N6. The third kappa shape index (κ3) is 0.915. The first-order valence-electron chi connectivity index (χ1n) is 3.82. The number of hydrogen-bond acceptors (Lipinski definition) is 5. The lowest BCUT2D eigenvalue weighted by atomic mass is 10.3. The summed E-state index contributed by atoms with van der Waals surface area (Å²) >= 11 is 0. The molecule has 0 aliphatic carbocycles. The molecule has 6 heteroatoms. The van der Waals surface area contributed by atoms with Crippen LogP contribution in [0.3, 0.4) is 0 Å². The second-order valence-corrected chi connectivity index (χ2v) is 2.89. The van der Waals surface area contributed by atoms with Crippen LogP contribution >= 0.6 is 0 Å². The Bertz CT molecular complexity index is 431. The van der Waals surface area contributed by atoms with Gasteiger partial charge in [-0.2, -0.15) is 0 Å². The number of rotatable bonds is 0. The molecule has 0 radical (unpaired) electrons. The number of nitrogens with two attached hydrogens (primary N) is 2. The van der Waals surface area contributed by atoms with Crippen molar-refractivity contribution in [3.63, 3.8) is 0 Å². The van der Waals surface area contributed by atoms with Crippen LogP contribution in [0.2, 0.25) is 0 Å². The number of nitrogen functional groups attached to an aromatic ring is 2. The largest absolute Gasteiger partial charge is 0.383 e. The molecule has 0 fully saturated rings. The van der Waals surface area contributed by atoms with Gasteiger partial charge in [0.1, 0.15) is 17.3 Å². The van der Waals surface area contributed by atoms with Crippen molar-refractivity contribution in [1.82, 2.24) is 19.7 Å². The van der Waals surface area contributed by atoms with E-state index < -0.39 is 0 Å². The molecule has 0 saturated heterocycles. The molecule has 13 heavy (non-hydrogen) atoms. The number of anilines is 2. The molecule has 0 aromatic carbocycles. The number of aromatic nitrogens is 4. The molecule has 2 rings (SSSR count). The Labute approximate surface area is 74.9 Å². The van der Waals surface area contributed by atoms with Gasteiger partial charge in [0.2, 0.25) is 0 Å². The fourth-order valence-corrected chi connectivity index (χ4v) is 1.17. The first-order valence-corrected chi connectivity index (χ1v) is 3.82. The average molecular weight is 178 g/mol. The summed E-state index contributed by atoms with van der Waals surface area (Å²) in [5.74, 6) is 1.64. The SMILES string of the molecule is Cc1nc2c(N)nnc-2c(N)n1C. The van der Waals surface area contributed by atoms with Gasteiger partial charge < -0.3 is 16.0 Å². The van der Waals surface area contributed by atoms with Crippen LogP contribution in [0.4, 0.5) is 11.6 Å². The van der Waals surface area contributed by atoms with E-state index in [1.807, 2.05) is 14.0 Å². The molecule has 68 valence electrons. The number of nitrogens with zero attached hydrogens (tertiary/aromatic N) is 4. The minimum Gasteiger partial charge on any atom is -0.383 e. The minimum absolute atomic E-state index is 0.324. The van der Waals surface area contributed by atoms with Crippen molar-refractivity contribution < 1.29 is 0 Å². The highest BCUT2D eigenvalue weighted by molar-refractivity contribution is 5.76. The van der Waals surface area contributed by atoms with Crippen LogP contribution < -0.4 is 11.5 Å². The van der Waals surface area contributed by atoms with Gasteiger partial charge in [-0.05, 0) is 6.92 Å². The zero-order chi connectivity index (χ0) is 9.59. The minimum atomic E-state index is 0.324. The highest BCUT2D eigenvalue weighted by Crippen LogP contribution is 2.27. The Hall–Kier alpha value is -1.85. The van der Waals surface area contributed by atoms with E-state index in [4.69, 9.17) is 11.5 Å². The molecule has 0 spiro atoms. The van der Waals surface area contributed by atoms with E-state index in [1.165, 1.54) is 0 Å². The van der Waals surface area contributed by atoms with Gasteiger partial charge in [-0.15, -0.1) is 10.2 Å². The van der Waals surface area contributed by atoms with Crippen molar-refractivity contribution in [3.8, 4) is 11.4 Å². The van der Waals surface area contributed by atoms with E-state index in [1.54, 1.807) is 4.57 Å². The van der Waals surface area contributed by atoms with Crippen molar-refractivity contribution in [2.45, 2.75) is 6.92 Å². The van der Waals surface area contributed by atoms with Gasteiger partial charge in [0.15, 0.2) is 11.5 Å². The molecule has 2 aliphatic heterocycles. The van der Waals surface area contributed by atoms with E-state index in [0.717, 1.165) is 5.82 Å². The molecule has 2 aliphatic rings. The fourth-order valence-electron chi connectivity index (χ4n) is 1.17. The van der Waals surface area contributed by atoms with E-state index in [0.29, 0.717) is 23.0 Å². The van der Waals surface area contributed by atoms with Gasteiger partial charge in [-0.3, -0.25) is 0 Å². The van der Waals surface area contributed by atoms with Gasteiger partial charge >= 0.3 is 0 Å². The molecule has 0 aromatic rings.